The summed E-state index contributed by atoms with van der Waals surface area (Å²) in [5.41, 5.74) is 1.25. The van der Waals surface area contributed by atoms with Crippen molar-refractivity contribution in [2.45, 2.75) is 26.3 Å². The van der Waals surface area contributed by atoms with E-state index in [1.165, 1.54) is 22.2 Å². The number of benzene rings is 2. The molecule has 5 rings (SSSR count). The third-order valence-electron chi connectivity index (χ3n) is 6.25. The lowest BCUT2D eigenvalue weighted by atomic mass is 9.96. The first-order valence-corrected chi connectivity index (χ1v) is 11.9. The highest BCUT2D eigenvalue weighted by atomic mass is 35.5. The van der Waals surface area contributed by atoms with Gasteiger partial charge in [0.2, 0.25) is 0 Å². The van der Waals surface area contributed by atoms with Gasteiger partial charge in [0, 0.05) is 16.3 Å². The summed E-state index contributed by atoms with van der Waals surface area (Å²) in [6, 6.07) is 17.3. The van der Waals surface area contributed by atoms with Crippen LogP contribution in [-0.2, 0) is 19.3 Å². The van der Waals surface area contributed by atoms with Crippen molar-refractivity contribution in [1.29, 1.82) is 5.26 Å². The van der Waals surface area contributed by atoms with E-state index < -0.39 is 24.0 Å². The van der Waals surface area contributed by atoms with Gasteiger partial charge in [0.1, 0.15) is 12.3 Å². The second-order valence-electron chi connectivity index (χ2n) is 8.66. The first-order chi connectivity index (χ1) is 18.6. The summed E-state index contributed by atoms with van der Waals surface area (Å²) in [6.45, 7) is 0.695. The quantitative estimate of drug-likeness (QED) is 0.329. The maximum Gasteiger partial charge on any atom is 0.433 e. The third kappa shape index (κ3) is 4.76. The minimum Gasteiger partial charge on any atom is -0.388 e. The molecule has 0 amide bonds. The number of rotatable bonds is 5. The Morgan fingerprint density at radius 2 is 1.62 bits per heavy atom. The van der Waals surface area contributed by atoms with E-state index >= 15 is 0 Å². The van der Waals surface area contributed by atoms with E-state index in [0.29, 0.717) is 32.8 Å². The van der Waals surface area contributed by atoms with Gasteiger partial charge in [0.05, 0.1) is 23.7 Å². The minimum atomic E-state index is -4.61. The molecule has 0 saturated carbocycles. The Kier molecular flexibility index (Phi) is 6.68. The average molecular weight is 551 g/mol. The summed E-state index contributed by atoms with van der Waals surface area (Å²) in [5.74, 6) is 0.0529. The average Bonchev–Trinajstić information content (AvgIpc) is 3.34. The highest BCUT2D eigenvalue weighted by Gasteiger charge is 2.33. The maximum absolute atomic E-state index is 14.2. The summed E-state index contributed by atoms with van der Waals surface area (Å²) >= 11 is 6.09. The van der Waals surface area contributed by atoms with Crippen molar-refractivity contribution in [2.24, 2.45) is 0 Å². The summed E-state index contributed by atoms with van der Waals surface area (Å²) in [7, 11) is 0. The summed E-state index contributed by atoms with van der Waals surface area (Å²) in [4.78, 5) is 17.9. The summed E-state index contributed by atoms with van der Waals surface area (Å²) < 4.78 is 42.2. The Morgan fingerprint density at radius 3 is 2.21 bits per heavy atom. The summed E-state index contributed by atoms with van der Waals surface area (Å²) in [5, 5.41) is 28.0. The molecule has 0 atom stereocenters. The van der Waals surface area contributed by atoms with E-state index in [0.717, 1.165) is 6.07 Å². The molecular formula is C27H18ClF3N6O2. The zero-order chi connectivity index (χ0) is 27.9. The molecule has 3 aromatic heterocycles. The molecular weight excluding hydrogens is 533 g/mol. The topological polar surface area (TPSA) is 109 Å². The minimum absolute atomic E-state index is 0.0529. The number of nitriles is 1. The van der Waals surface area contributed by atoms with Gasteiger partial charge in [0.15, 0.2) is 11.5 Å². The fraction of sp³-hybridized carbons (Fsp3) is 0.148. The number of alkyl halides is 3. The number of fused-ring (bicyclic) bond motifs is 1. The number of aliphatic hydroxyl groups is 1. The van der Waals surface area contributed by atoms with E-state index in [-0.39, 0.29) is 29.3 Å². The van der Waals surface area contributed by atoms with Crippen molar-refractivity contribution >= 4 is 17.2 Å². The Balaban J connectivity index is 1.82. The molecule has 8 nitrogen and oxygen atoms in total. The van der Waals surface area contributed by atoms with Crippen molar-refractivity contribution in [1.82, 2.24) is 24.4 Å². The molecule has 2 aromatic carbocycles. The van der Waals surface area contributed by atoms with Crippen LogP contribution in [-0.4, -0.2) is 29.5 Å². The number of halogens is 4. The number of pyridine rings is 1. The molecule has 0 saturated heterocycles. The largest absolute Gasteiger partial charge is 0.433 e. The van der Waals surface area contributed by atoms with Crippen LogP contribution in [0.2, 0.25) is 5.02 Å². The van der Waals surface area contributed by atoms with Gasteiger partial charge < -0.3 is 5.11 Å². The first kappa shape index (κ1) is 26.1. The second-order valence-corrected chi connectivity index (χ2v) is 9.09. The lowest BCUT2D eigenvalue weighted by Gasteiger charge is -2.18. The number of aliphatic hydroxyl groups excluding tert-OH is 1. The highest BCUT2D eigenvalue weighted by Crippen LogP contribution is 2.34. The molecule has 0 radical (unpaired) electrons. The molecule has 0 fully saturated rings. The maximum atomic E-state index is 14.2. The monoisotopic (exact) mass is 550 g/mol. The lowest BCUT2D eigenvalue weighted by molar-refractivity contribution is -0.141. The van der Waals surface area contributed by atoms with Gasteiger partial charge in [-0.2, -0.15) is 18.4 Å². The standard InChI is InChI=1S/C27H18ClF3N6O2/c1-15-19(8-11-21(33-15)27(29,30)31)13-36-26(39)24(18-6-9-20(28)10-7-18)23(17-4-2-16(12-32)3-5-17)25-35-34-22(14-38)37(25)36/h2-11,38H,13-14H2,1H3. The Hall–Kier alpha value is -4.53. The molecule has 0 aliphatic heterocycles. The fourth-order valence-corrected chi connectivity index (χ4v) is 4.47. The van der Waals surface area contributed by atoms with Gasteiger partial charge in [0.25, 0.3) is 5.56 Å². The molecule has 39 heavy (non-hydrogen) atoms. The molecule has 1 N–H and O–H groups in total. The molecule has 5 aromatic rings. The van der Waals surface area contributed by atoms with Gasteiger partial charge >= 0.3 is 6.18 Å². The number of hydrogen-bond acceptors (Lipinski definition) is 6. The van der Waals surface area contributed by atoms with E-state index in [2.05, 4.69) is 21.3 Å². The molecule has 0 unspecified atom stereocenters. The van der Waals surface area contributed by atoms with Crippen LogP contribution in [0.3, 0.4) is 0 Å². The number of nitrogens with zero attached hydrogens (tertiary/aromatic N) is 6. The van der Waals surface area contributed by atoms with Gasteiger partial charge in [-0.3, -0.25) is 4.79 Å². The zero-order valence-electron chi connectivity index (χ0n) is 20.2. The lowest BCUT2D eigenvalue weighted by Crippen LogP contribution is -2.30. The predicted octanol–water partition coefficient (Wildman–Crippen LogP) is 5.01. The second kappa shape index (κ2) is 9.98. The van der Waals surface area contributed by atoms with Crippen molar-refractivity contribution < 1.29 is 18.3 Å². The van der Waals surface area contributed by atoms with Gasteiger partial charge in [-0.25, -0.2) is 14.2 Å². The molecule has 0 bridgehead atoms. The Morgan fingerprint density at radius 1 is 0.974 bits per heavy atom. The van der Waals surface area contributed by atoms with Crippen LogP contribution >= 0.6 is 11.6 Å². The Bertz CT molecular complexity index is 1800. The summed E-state index contributed by atoms with van der Waals surface area (Å²) in [6.07, 6.45) is -4.61. The van der Waals surface area contributed by atoms with E-state index in [4.69, 9.17) is 11.6 Å². The smallest absolute Gasteiger partial charge is 0.388 e. The van der Waals surface area contributed by atoms with Crippen LogP contribution in [0.5, 0.6) is 0 Å². The van der Waals surface area contributed by atoms with Crippen molar-refractivity contribution in [3.05, 3.63) is 104 Å². The molecule has 0 aliphatic rings. The van der Waals surface area contributed by atoms with E-state index in [1.54, 1.807) is 48.5 Å². The van der Waals surface area contributed by atoms with Gasteiger partial charge in [-0.15, -0.1) is 10.2 Å². The van der Waals surface area contributed by atoms with Crippen LogP contribution in [0.1, 0.15) is 28.3 Å². The van der Waals surface area contributed by atoms with Crippen LogP contribution in [0.25, 0.3) is 27.9 Å². The number of aryl methyl sites for hydroxylation is 1. The van der Waals surface area contributed by atoms with Crippen LogP contribution < -0.4 is 5.56 Å². The van der Waals surface area contributed by atoms with Crippen molar-refractivity contribution in [2.75, 3.05) is 0 Å². The van der Waals surface area contributed by atoms with Crippen LogP contribution in [0, 0.1) is 18.3 Å². The molecule has 0 aliphatic carbocycles. The van der Waals surface area contributed by atoms with E-state index in [1.807, 2.05) is 0 Å². The number of aromatic nitrogens is 5. The number of hydrogen-bond donors (Lipinski definition) is 1. The fourth-order valence-electron chi connectivity index (χ4n) is 4.35. The van der Waals surface area contributed by atoms with Gasteiger partial charge in [-0.05, 0) is 53.9 Å². The predicted molar refractivity (Wildman–Crippen MR) is 137 cm³/mol. The first-order valence-electron chi connectivity index (χ1n) is 11.5. The van der Waals surface area contributed by atoms with E-state index in [9.17, 15) is 28.3 Å². The third-order valence-corrected chi connectivity index (χ3v) is 6.50. The van der Waals surface area contributed by atoms with Crippen LogP contribution in [0.4, 0.5) is 13.2 Å². The molecule has 196 valence electrons. The normalized spacial score (nSPS) is 11.6. The highest BCUT2D eigenvalue weighted by molar-refractivity contribution is 6.30. The van der Waals surface area contributed by atoms with Crippen molar-refractivity contribution in [3.8, 4) is 28.3 Å². The molecule has 3 heterocycles. The Labute approximate surface area is 224 Å². The molecule has 0 spiro atoms. The van der Waals surface area contributed by atoms with Crippen molar-refractivity contribution in [3.63, 3.8) is 0 Å². The van der Waals surface area contributed by atoms with Gasteiger partial charge in [-0.1, -0.05) is 41.9 Å². The van der Waals surface area contributed by atoms with Crippen LogP contribution in [0.15, 0.2) is 65.5 Å². The zero-order valence-corrected chi connectivity index (χ0v) is 21.0. The SMILES string of the molecule is Cc1nc(C(F)(F)F)ccc1Cn1c(=O)c(-c2ccc(Cl)cc2)c(-c2ccc(C#N)cc2)c2nnc(CO)n21. The molecule has 12 heteroatoms.